The third-order valence-corrected chi connectivity index (χ3v) is 5.75. The van der Waals surface area contributed by atoms with Gasteiger partial charge in [0.05, 0.1) is 18.3 Å². The van der Waals surface area contributed by atoms with Crippen LogP contribution in [0.2, 0.25) is 5.02 Å². The molecule has 1 aliphatic rings. The lowest BCUT2D eigenvalue weighted by Crippen LogP contribution is -2.33. The molecule has 0 unspecified atom stereocenters. The van der Waals surface area contributed by atoms with E-state index in [-0.39, 0.29) is 5.91 Å². The van der Waals surface area contributed by atoms with E-state index in [0.717, 1.165) is 29.4 Å². The van der Waals surface area contributed by atoms with E-state index >= 15 is 0 Å². The highest BCUT2D eigenvalue weighted by Crippen LogP contribution is 2.19. The summed E-state index contributed by atoms with van der Waals surface area (Å²) >= 11 is 6.09. The van der Waals surface area contributed by atoms with Gasteiger partial charge in [-0.05, 0) is 68.7 Å². The quantitative estimate of drug-likeness (QED) is 0.589. The Kier molecular flexibility index (Phi) is 6.47. The number of halogens is 1. The van der Waals surface area contributed by atoms with Gasteiger partial charge in [-0.1, -0.05) is 36.2 Å². The van der Waals surface area contributed by atoms with Crippen molar-refractivity contribution >= 4 is 28.4 Å². The largest absolute Gasteiger partial charge is 0.352 e. The molecule has 0 spiro atoms. The van der Waals surface area contributed by atoms with Crippen molar-refractivity contribution in [1.29, 1.82) is 0 Å². The lowest BCUT2D eigenvalue weighted by atomic mass is 10.1. The minimum atomic E-state index is -0.0268. The first kappa shape index (κ1) is 19.9. The van der Waals surface area contributed by atoms with Crippen molar-refractivity contribution in [2.45, 2.75) is 32.2 Å². The van der Waals surface area contributed by atoms with Crippen LogP contribution in [0, 0.1) is 0 Å². The Bertz CT molecular complexity index is 978. The topological polar surface area (TPSA) is 50.2 Å². The van der Waals surface area contributed by atoms with Gasteiger partial charge in [-0.25, -0.2) is 0 Å². The van der Waals surface area contributed by atoms with Gasteiger partial charge in [0.25, 0.3) is 5.91 Å². The number of hydrogen-bond acceptors (Lipinski definition) is 3. The predicted octanol–water partition coefficient (Wildman–Crippen LogP) is 4.34. The third-order valence-electron chi connectivity index (χ3n) is 5.51. The van der Waals surface area contributed by atoms with Crippen LogP contribution in [0.15, 0.2) is 48.7 Å². The normalized spacial score (nSPS) is 14.9. The molecule has 4 rings (SSSR count). The molecule has 0 radical (unpaired) electrons. The fraction of sp³-hybridized carbons (Fsp3) is 0.391. The molecule has 0 bridgehead atoms. The minimum Gasteiger partial charge on any atom is -0.352 e. The summed E-state index contributed by atoms with van der Waals surface area (Å²) < 4.78 is 1.91. The molecule has 1 amide bonds. The third kappa shape index (κ3) is 5.17. The molecular formula is C23H27ClN4O. The van der Waals surface area contributed by atoms with Gasteiger partial charge in [-0.3, -0.25) is 9.48 Å². The van der Waals surface area contributed by atoms with Crippen LogP contribution >= 0.6 is 11.6 Å². The van der Waals surface area contributed by atoms with Crippen molar-refractivity contribution < 1.29 is 4.79 Å². The summed E-state index contributed by atoms with van der Waals surface area (Å²) in [7, 11) is 0. The molecule has 3 aromatic rings. The lowest BCUT2D eigenvalue weighted by molar-refractivity contribution is 0.0951. The summed E-state index contributed by atoms with van der Waals surface area (Å²) in [5.74, 6) is -0.0268. The SMILES string of the molecule is O=C(NCCCN1CCCCC1)c1ccc2cnn(Cc3cccc(Cl)c3)c2c1. The average Bonchev–Trinajstić information content (AvgIpc) is 3.14. The number of benzene rings is 2. The van der Waals surface area contributed by atoms with Crippen LogP contribution < -0.4 is 5.32 Å². The average molecular weight is 411 g/mol. The Balaban J connectivity index is 1.37. The number of amides is 1. The summed E-state index contributed by atoms with van der Waals surface area (Å²) in [4.78, 5) is 15.1. The number of aromatic nitrogens is 2. The number of fused-ring (bicyclic) bond motifs is 1. The monoisotopic (exact) mass is 410 g/mol. The van der Waals surface area contributed by atoms with Crippen LogP contribution in [0.4, 0.5) is 0 Å². The van der Waals surface area contributed by atoms with E-state index < -0.39 is 0 Å². The standard InChI is InChI=1S/C23H27ClN4O/c24-21-7-4-6-18(14-21)17-28-22-15-19(8-9-20(22)16-26-28)23(29)25-10-5-13-27-11-2-1-3-12-27/h4,6-9,14-16H,1-3,5,10-13,17H2,(H,25,29). The Morgan fingerprint density at radius 1 is 1.10 bits per heavy atom. The van der Waals surface area contributed by atoms with Crippen molar-refractivity contribution in [3.63, 3.8) is 0 Å². The number of carbonyl (C=O) groups is 1. The van der Waals surface area contributed by atoms with Crippen molar-refractivity contribution in [3.8, 4) is 0 Å². The first-order chi connectivity index (χ1) is 14.2. The molecule has 5 nitrogen and oxygen atoms in total. The molecule has 1 saturated heterocycles. The highest BCUT2D eigenvalue weighted by Gasteiger charge is 2.11. The molecule has 0 atom stereocenters. The predicted molar refractivity (Wildman–Crippen MR) is 118 cm³/mol. The second kappa shape index (κ2) is 9.42. The van der Waals surface area contributed by atoms with Gasteiger partial charge in [0.1, 0.15) is 0 Å². The zero-order valence-corrected chi connectivity index (χ0v) is 17.4. The molecule has 0 aliphatic carbocycles. The summed E-state index contributed by atoms with van der Waals surface area (Å²) in [6.07, 6.45) is 6.77. The highest BCUT2D eigenvalue weighted by molar-refractivity contribution is 6.30. The van der Waals surface area contributed by atoms with E-state index in [9.17, 15) is 4.79 Å². The van der Waals surface area contributed by atoms with Crippen molar-refractivity contribution in [3.05, 3.63) is 64.8 Å². The molecule has 29 heavy (non-hydrogen) atoms. The van der Waals surface area contributed by atoms with Gasteiger partial charge in [0.15, 0.2) is 0 Å². The number of rotatable bonds is 7. The van der Waals surface area contributed by atoms with Crippen LogP contribution in [-0.2, 0) is 6.54 Å². The lowest BCUT2D eigenvalue weighted by Gasteiger charge is -2.26. The van der Waals surface area contributed by atoms with Gasteiger partial charge >= 0.3 is 0 Å². The van der Waals surface area contributed by atoms with Gasteiger partial charge in [-0.15, -0.1) is 0 Å². The van der Waals surface area contributed by atoms with Gasteiger partial charge in [0.2, 0.25) is 0 Å². The molecular weight excluding hydrogens is 384 g/mol. The zero-order chi connectivity index (χ0) is 20.1. The number of piperidine rings is 1. The van der Waals surface area contributed by atoms with E-state index in [1.54, 1.807) is 0 Å². The number of hydrogen-bond donors (Lipinski definition) is 1. The van der Waals surface area contributed by atoms with Crippen LogP contribution in [0.3, 0.4) is 0 Å². The maximum atomic E-state index is 12.6. The number of nitrogens with one attached hydrogen (secondary N) is 1. The summed E-state index contributed by atoms with van der Waals surface area (Å²) in [6, 6.07) is 13.5. The molecule has 1 aromatic heterocycles. The minimum absolute atomic E-state index is 0.0268. The fourth-order valence-corrected chi connectivity index (χ4v) is 4.15. The Morgan fingerprint density at radius 3 is 2.79 bits per heavy atom. The molecule has 1 fully saturated rings. The van der Waals surface area contributed by atoms with Crippen LogP contribution in [-0.4, -0.2) is 46.8 Å². The first-order valence-electron chi connectivity index (χ1n) is 10.4. The number of carbonyl (C=O) groups excluding carboxylic acids is 1. The second-order valence-corrected chi connectivity index (χ2v) is 8.15. The smallest absolute Gasteiger partial charge is 0.251 e. The molecule has 6 heteroatoms. The van der Waals surface area contributed by atoms with E-state index in [1.165, 1.54) is 32.4 Å². The zero-order valence-electron chi connectivity index (χ0n) is 16.6. The van der Waals surface area contributed by atoms with Crippen molar-refractivity contribution in [2.75, 3.05) is 26.2 Å². The first-order valence-corrected chi connectivity index (χ1v) is 10.8. The van der Waals surface area contributed by atoms with E-state index in [2.05, 4.69) is 15.3 Å². The maximum Gasteiger partial charge on any atom is 0.251 e. The van der Waals surface area contributed by atoms with Gasteiger partial charge < -0.3 is 10.2 Å². The number of nitrogens with zero attached hydrogens (tertiary/aromatic N) is 3. The van der Waals surface area contributed by atoms with Crippen molar-refractivity contribution in [2.24, 2.45) is 0 Å². The van der Waals surface area contributed by atoms with Crippen LogP contribution in [0.5, 0.6) is 0 Å². The highest BCUT2D eigenvalue weighted by atomic mass is 35.5. The molecule has 2 heterocycles. The van der Waals surface area contributed by atoms with Gasteiger partial charge in [0, 0.05) is 22.5 Å². The Morgan fingerprint density at radius 2 is 1.97 bits per heavy atom. The van der Waals surface area contributed by atoms with E-state index in [1.807, 2.05) is 53.3 Å². The molecule has 2 aromatic carbocycles. The summed E-state index contributed by atoms with van der Waals surface area (Å²) in [6.45, 7) is 4.77. The van der Waals surface area contributed by atoms with E-state index in [0.29, 0.717) is 23.7 Å². The molecule has 1 N–H and O–H groups in total. The number of likely N-dealkylation sites (tertiary alicyclic amines) is 1. The molecule has 0 saturated carbocycles. The van der Waals surface area contributed by atoms with Crippen molar-refractivity contribution in [1.82, 2.24) is 20.0 Å². The van der Waals surface area contributed by atoms with Crippen LogP contribution in [0.25, 0.3) is 10.9 Å². The Hall–Kier alpha value is -2.37. The van der Waals surface area contributed by atoms with Gasteiger partial charge in [-0.2, -0.15) is 5.10 Å². The summed E-state index contributed by atoms with van der Waals surface area (Å²) in [5, 5.41) is 9.28. The van der Waals surface area contributed by atoms with Crippen LogP contribution in [0.1, 0.15) is 41.6 Å². The maximum absolute atomic E-state index is 12.6. The van der Waals surface area contributed by atoms with E-state index in [4.69, 9.17) is 11.6 Å². The Labute approximate surface area is 176 Å². The molecule has 152 valence electrons. The fourth-order valence-electron chi connectivity index (χ4n) is 3.94. The summed E-state index contributed by atoms with van der Waals surface area (Å²) in [5.41, 5.74) is 2.70. The second-order valence-electron chi connectivity index (χ2n) is 7.72. The molecule has 1 aliphatic heterocycles.